The minimum atomic E-state index is 0.427. The van der Waals surface area contributed by atoms with Gasteiger partial charge in [0.15, 0.2) is 0 Å². The number of rotatable bonds is 5. The molecule has 2 aromatic rings. The number of anilines is 1. The normalized spacial score (nSPS) is 17.0. The molecule has 4 heteroatoms. The van der Waals surface area contributed by atoms with Crippen LogP contribution in [-0.2, 0) is 4.74 Å². The van der Waals surface area contributed by atoms with Crippen LogP contribution in [-0.4, -0.2) is 31.3 Å². The van der Waals surface area contributed by atoms with Gasteiger partial charge < -0.3 is 14.4 Å². The molecule has 1 aromatic carbocycles. The second-order valence-corrected chi connectivity index (χ2v) is 7.49. The minimum absolute atomic E-state index is 0.427. The van der Waals surface area contributed by atoms with Crippen LogP contribution < -0.4 is 9.64 Å². The first-order chi connectivity index (χ1) is 12.4. The van der Waals surface area contributed by atoms with Crippen molar-refractivity contribution in [3.8, 4) is 11.6 Å². The van der Waals surface area contributed by atoms with Gasteiger partial charge >= 0.3 is 0 Å². The molecule has 1 fully saturated rings. The highest BCUT2D eigenvalue weighted by Crippen LogP contribution is 2.36. The van der Waals surface area contributed by atoms with E-state index in [4.69, 9.17) is 14.5 Å². The molecule has 0 aliphatic carbocycles. The number of benzene rings is 1. The maximum Gasteiger partial charge on any atom is 0.224 e. The first-order valence-electron chi connectivity index (χ1n) is 9.40. The largest absolute Gasteiger partial charge is 0.438 e. The Morgan fingerprint density at radius 1 is 1.08 bits per heavy atom. The van der Waals surface area contributed by atoms with Crippen LogP contribution in [0.15, 0.2) is 18.2 Å². The molecule has 3 rings (SSSR count). The Bertz CT molecular complexity index is 778. The smallest absolute Gasteiger partial charge is 0.224 e. The lowest BCUT2D eigenvalue weighted by atomic mass is 10.1. The van der Waals surface area contributed by atoms with Crippen molar-refractivity contribution in [2.45, 2.75) is 53.5 Å². The summed E-state index contributed by atoms with van der Waals surface area (Å²) in [5.74, 6) is 1.62. The first kappa shape index (κ1) is 18.7. The van der Waals surface area contributed by atoms with Gasteiger partial charge in [-0.15, -0.1) is 0 Å². The number of pyridine rings is 1. The van der Waals surface area contributed by atoms with Gasteiger partial charge in [-0.1, -0.05) is 17.7 Å². The number of nitrogens with zero attached hydrogens (tertiary/aromatic N) is 2. The fourth-order valence-electron chi connectivity index (χ4n) is 4.03. The molecule has 1 aliphatic heterocycles. The summed E-state index contributed by atoms with van der Waals surface area (Å²) in [6.07, 6.45) is 2.36. The molecule has 140 valence electrons. The number of ether oxygens (including phenoxy) is 2. The molecular weight excluding hydrogens is 324 g/mol. The van der Waals surface area contributed by atoms with E-state index in [0.29, 0.717) is 11.9 Å². The van der Waals surface area contributed by atoms with E-state index in [1.807, 2.05) is 6.92 Å². The summed E-state index contributed by atoms with van der Waals surface area (Å²) in [6, 6.07) is 6.91. The molecule has 2 heterocycles. The van der Waals surface area contributed by atoms with Crippen molar-refractivity contribution in [3.05, 3.63) is 46.1 Å². The summed E-state index contributed by atoms with van der Waals surface area (Å²) in [5.41, 5.74) is 6.83. The molecular formula is C22H30N2O2. The van der Waals surface area contributed by atoms with Crippen molar-refractivity contribution in [3.63, 3.8) is 0 Å². The molecule has 1 aliphatic rings. The van der Waals surface area contributed by atoms with Gasteiger partial charge in [0, 0.05) is 30.6 Å². The van der Waals surface area contributed by atoms with Crippen molar-refractivity contribution in [2.24, 2.45) is 0 Å². The van der Waals surface area contributed by atoms with Gasteiger partial charge in [0.1, 0.15) is 5.75 Å². The molecule has 0 amide bonds. The van der Waals surface area contributed by atoms with Crippen LogP contribution in [0.2, 0.25) is 0 Å². The quantitative estimate of drug-likeness (QED) is 0.754. The van der Waals surface area contributed by atoms with Crippen molar-refractivity contribution in [1.29, 1.82) is 0 Å². The third kappa shape index (κ3) is 3.70. The third-order valence-corrected chi connectivity index (χ3v) is 5.18. The average Bonchev–Trinajstić information content (AvgIpc) is 3.02. The van der Waals surface area contributed by atoms with Crippen LogP contribution in [0.5, 0.6) is 11.6 Å². The summed E-state index contributed by atoms with van der Waals surface area (Å²) in [6.45, 7) is 12.3. The average molecular weight is 354 g/mol. The highest BCUT2D eigenvalue weighted by Gasteiger charge is 2.27. The lowest BCUT2D eigenvalue weighted by Crippen LogP contribution is -2.33. The Balaban J connectivity index is 1.98. The predicted octanol–water partition coefficient (Wildman–Crippen LogP) is 5.03. The standard InChI is InChI=1S/C22H30N2O2/c1-14-10-15(2)21(16(3)11-14)26-22-18(5)20(12-17(4)23-22)24-9-7-8-19(24)13-25-6/h10-12,19H,7-9,13H2,1-6H3. The molecule has 26 heavy (non-hydrogen) atoms. The highest BCUT2D eigenvalue weighted by molar-refractivity contribution is 5.60. The van der Waals surface area contributed by atoms with Crippen molar-refractivity contribution in [1.82, 2.24) is 4.98 Å². The van der Waals surface area contributed by atoms with Crippen molar-refractivity contribution < 1.29 is 9.47 Å². The Labute approximate surface area is 157 Å². The van der Waals surface area contributed by atoms with E-state index in [1.165, 1.54) is 24.1 Å². The fourth-order valence-corrected chi connectivity index (χ4v) is 4.03. The second kappa shape index (κ2) is 7.67. The zero-order valence-electron chi connectivity index (χ0n) is 16.8. The van der Waals surface area contributed by atoms with Gasteiger partial charge in [-0.3, -0.25) is 0 Å². The predicted molar refractivity (Wildman–Crippen MR) is 107 cm³/mol. The molecule has 0 radical (unpaired) electrons. The molecule has 4 nitrogen and oxygen atoms in total. The maximum atomic E-state index is 6.33. The molecule has 0 N–H and O–H groups in total. The number of hydrogen-bond donors (Lipinski definition) is 0. The fraction of sp³-hybridized carbons (Fsp3) is 0.500. The van der Waals surface area contributed by atoms with Gasteiger partial charge in [0.05, 0.1) is 12.6 Å². The van der Waals surface area contributed by atoms with Gasteiger partial charge in [0.25, 0.3) is 0 Å². The zero-order chi connectivity index (χ0) is 18.8. The third-order valence-electron chi connectivity index (χ3n) is 5.18. The van der Waals surface area contributed by atoms with E-state index in [1.54, 1.807) is 7.11 Å². The zero-order valence-corrected chi connectivity index (χ0v) is 16.8. The maximum absolute atomic E-state index is 6.33. The van der Waals surface area contributed by atoms with E-state index in [-0.39, 0.29) is 0 Å². The lowest BCUT2D eigenvalue weighted by Gasteiger charge is -2.28. The summed E-state index contributed by atoms with van der Waals surface area (Å²) in [5, 5.41) is 0. The Morgan fingerprint density at radius 2 is 1.77 bits per heavy atom. The summed E-state index contributed by atoms with van der Waals surface area (Å²) < 4.78 is 11.8. The number of aryl methyl sites for hydroxylation is 4. The lowest BCUT2D eigenvalue weighted by molar-refractivity contribution is 0.181. The first-order valence-corrected chi connectivity index (χ1v) is 9.40. The molecule has 0 bridgehead atoms. The van der Waals surface area contributed by atoms with E-state index < -0.39 is 0 Å². The van der Waals surface area contributed by atoms with Gasteiger partial charge in [-0.05, 0) is 64.7 Å². The van der Waals surface area contributed by atoms with Crippen LogP contribution in [0.25, 0.3) is 0 Å². The molecule has 1 saturated heterocycles. The Hall–Kier alpha value is -2.07. The molecule has 1 atom stereocenters. The van der Waals surface area contributed by atoms with E-state index in [2.05, 4.69) is 50.8 Å². The van der Waals surface area contributed by atoms with Crippen LogP contribution >= 0.6 is 0 Å². The number of hydrogen-bond acceptors (Lipinski definition) is 4. The monoisotopic (exact) mass is 354 g/mol. The Kier molecular flexibility index (Phi) is 5.52. The van der Waals surface area contributed by atoms with E-state index in [9.17, 15) is 0 Å². The molecule has 1 aromatic heterocycles. The molecule has 0 spiro atoms. The van der Waals surface area contributed by atoms with E-state index in [0.717, 1.165) is 41.3 Å². The Morgan fingerprint density at radius 3 is 2.42 bits per heavy atom. The highest BCUT2D eigenvalue weighted by atomic mass is 16.5. The van der Waals surface area contributed by atoms with Crippen LogP contribution in [0.3, 0.4) is 0 Å². The SMILES string of the molecule is COCC1CCCN1c1cc(C)nc(Oc2c(C)cc(C)cc2C)c1C. The summed E-state index contributed by atoms with van der Waals surface area (Å²) in [7, 11) is 1.78. The topological polar surface area (TPSA) is 34.6 Å². The van der Waals surface area contributed by atoms with Crippen LogP contribution in [0, 0.1) is 34.6 Å². The van der Waals surface area contributed by atoms with Crippen LogP contribution in [0.4, 0.5) is 5.69 Å². The molecule has 1 unspecified atom stereocenters. The summed E-state index contributed by atoms with van der Waals surface area (Å²) in [4.78, 5) is 7.15. The second-order valence-electron chi connectivity index (χ2n) is 7.49. The minimum Gasteiger partial charge on any atom is -0.438 e. The van der Waals surface area contributed by atoms with Crippen molar-refractivity contribution >= 4 is 5.69 Å². The summed E-state index contributed by atoms with van der Waals surface area (Å²) >= 11 is 0. The number of aromatic nitrogens is 1. The number of methoxy groups -OCH3 is 1. The van der Waals surface area contributed by atoms with Gasteiger partial charge in [0.2, 0.25) is 5.88 Å². The van der Waals surface area contributed by atoms with Gasteiger partial charge in [-0.2, -0.15) is 0 Å². The van der Waals surface area contributed by atoms with Crippen molar-refractivity contribution in [2.75, 3.05) is 25.2 Å². The van der Waals surface area contributed by atoms with Crippen LogP contribution in [0.1, 0.15) is 40.8 Å². The van der Waals surface area contributed by atoms with Gasteiger partial charge in [-0.25, -0.2) is 4.98 Å². The molecule has 0 saturated carbocycles. The van der Waals surface area contributed by atoms with E-state index >= 15 is 0 Å².